The van der Waals surface area contributed by atoms with Crippen molar-refractivity contribution in [1.82, 2.24) is 0 Å². The molecule has 0 bridgehead atoms. The Morgan fingerprint density at radius 3 is 2.31 bits per heavy atom. The average Bonchev–Trinajstić information content (AvgIpc) is 2.17. The second-order valence-corrected chi connectivity index (χ2v) is 4.51. The van der Waals surface area contributed by atoms with Crippen LogP contribution in [0.25, 0.3) is 0 Å². The van der Waals surface area contributed by atoms with E-state index in [-0.39, 0.29) is 12.1 Å². The first kappa shape index (κ1) is 14.9. The molecule has 0 amide bonds. The number of hydrogen-bond donors (Lipinski definition) is 0. The van der Waals surface area contributed by atoms with Gasteiger partial charge in [-0.25, -0.2) is 4.79 Å². The Morgan fingerprint density at radius 1 is 1.38 bits per heavy atom. The van der Waals surface area contributed by atoms with Crippen molar-refractivity contribution in [3.8, 4) is 0 Å². The number of rotatable bonds is 7. The van der Waals surface area contributed by atoms with Crippen LogP contribution in [0.1, 0.15) is 27.7 Å². The third-order valence-electron chi connectivity index (χ3n) is 2.15. The predicted molar refractivity (Wildman–Crippen MR) is 65.1 cm³/mol. The van der Waals surface area contributed by atoms with E-state index in [2.05, 4.69) is 13.2 Å². The molecule has 0 aliphatic carbocycles. The fourth-order valence-electron chi connectivity index (χ4n) is 1.15. The van der Waals surface area contributed by atoms with Gasteiger partial charge < -0.3 is 9.47 Å². The minimum Gasteiger partial charge on any atom is -0.461 e. The van der Waals surface area contributed by atoms with Gasteiger partial charge in [0.2, 0.25) is 0 Å². The molecule has 0 rings (SSSR count). The minimum absolute atomic E-state index is 0.150. The average molecular weight is 226 g/mol. The van der Waals surface area contributed by atoms with Gasteiger partial charge in [0.25, 0.3) is 0 Å². The van der Waals surface area contributed by atoms with Gasteiger partial charge in [0.15, 0.2) is 6.10 Å². The molecule has 3 heteroatoms. The van der Waals surface area contributed by atoms with Crippen LogP contribution in [0, 0.1) is 5.41 Å². The summed E-state index contributed by atoms with van der Waals surface area (Å²) in [4.78, 5) is 11.8. The van der Waals surface area contributed by atoms with Crippen LogP contribution in [0.2, 0.25) is 0 Å². The van der Waals surface area contributed by atoms with E-state index in [1.807, 2.05) is 27.7 Å². The lowest BCUT2D eigenvalue weighted by Gasteiger charge is -2.29. The fourth-order valence-corrected chi connectivity index (χ4v) is 1.15. The summed E-state index contributed by atoms with van der Waals surface area (Å²) in [7, 11) is 0. The Labute approximate surface area is 98.1 Å². The molecule has 3 nitrogen and oxygen atoms in total. The first-order chi connectivity index (χ1) is 7.35. The second kappa shape index (κ2) is 6.48. The molecule has 92 valence electrons. The zero-order valence-electron chi connectivity index (χ0n) is 10.7. The highest BCUT2D eigenvalue weighted by Crippen LogP contribution is 2.26. The molecule has 0 saturated carbocycles. The summed E-state index contributed by atoms with van der Waals surface area (Å²) in [6.45, 7) is 15.0. The summed E-state index contributed by atoms with van der Waals surface area (Å²) in [5.74, 6) is -0.359. The van der Waals surface area contributed by atoms with Gasteiger partial charge >= 0.3 is 5.97 Å². The maximum atomic E-state index is 11.8. The molecule has 0 N–H and O–H groups in total. The Hall–Kier alpha value is -1.09. The quantitative estimate of drug-likeness (QED) is 0.494. The lowest BCUT2D eigenvalue weighted by atomic mass is 9.86. The maximum absolute atomic E-state index is 11.8. The third-order valence-corrected chi connectivity index (χ3v) is 2.15. The molecule has 0 radical (unpaired) electrons. The Kier molecular flexibility index (Phi) is 6.04. The van der Waals surface area contributed by atoms with Crippen molar-refractivity contribution in [2.45, 2.75) is 39.9 Å². The molecular formula is C13H22O3. The molecule has 1 atom stereocenters. The zero-order chi connectivity index (χ0) is 12.8. The molecule has 16 heavy (non-hydrogen) atoms. The molecule has 0 heterocycles. The van der Waals surface area contributed by atoms with Crippen molar-refractivity contribution in [2.75, 3.05) is 6.61 Å². The lowest BCUT2D eigenvalue weighted by molar-refractivity contribution is -0.166. The Morgan fingerprint density at radius 2 is 1.94 bits per heavy atom. The fraction of sp³-hybridized carbons (Fsp3) is 0.615. The molecular weight excluding hydrogens is 204 g/mol. The third kappa shape index (κ3) is 4.62. The summed E-state index contributed by atoms with van der Waals surface area (Å²) in [6, 6.07) is 0. The highest BCUT2D eigenvalue weighted by Gasteiger charge is 2.35. The number of esters is 1. The molecule has 0 unspecified atom stereocenters. The van der Waals surface area contributed by atoms with Crippen molar-refractivity contribution in [3.05, 3.63) is 25.3 Å². The molecule has 0 aliphatic rings. The van der Waals surface area contributed by atoms with E-state index >= 15 is 0 Å². The van der Waals surface area contributed by atoms with Gasteiger partial charge in [-0.15, -0.1) is 13.2 Å². The van der Waals surface area contributed by atoms with Crippen LogP contribution in [0.4, 0.5) is 0 Å². The van der Waals surface area contributed by atoms with Crippen molar-refractivity contribution >= 4 is 5.97 Å². The zero-order valence-corrected chi connectivity index (χ0v) is 10.7. The van der Waals surface area contributed by atoms with E-state index in [1.165, 1.54) is 0 Å². The first-order valence-corrected chi connectivity index (χ1v) is 5.41. The van der Waals surface area contributed by atoms with Gasteiger partial charge in [0, 0.05) is 5.41 Å². The van der Waals surface area contributed by atoms with Crippen LogP contribution in [0.3, 0.4) is 0 Å². The van der Waals surface area contributed by atoms with E-state index in [9.17, 15) is 4.79 Å². The standard InChI is InChI=1S/C13H22O3/c1-7-9-15-11(13(5,6)8-2)12(14)16-10(3)4/h7-8,10-11H,1-2,9H2,3-6H3/t11-/m1/s1. The van der Waals surface area contributed by atoms with Gasteiger partial charge in [-0.1, -0.05) is 26.0 Å². The monoisotopic (exact) mass is 226 g/mol. The normalized spacial score (nSPS) is 13.3. The largest absolute Gasteiger partial charge is 0.461 e. The minimum atomic E-state index is -0.648. The first-order valence-electron chi connectivity index (χ1n) is 5.41. The number of ether oxygens (including phenoxy) is 2. The van der Waals surface area contributed by atoms with Crippen LogP contribution < -0.4 is 0 Å². The summed E-state index contributed by atoms with van der Waals surface area (Å²) < 4.78 is 10.6. The summed E-state index contributed by atoms with van der Waals surface area (Å²) in [5.41, 5.74) is -0.463. The highest BCUT2D eigenvalue weighted by molar-refractivity contribution is 5.76. The molecule has 0 aromatic heterocycles. The van der Waals surface area contributed by atoms with Gasteiger partial charge in [0.05, 0.1) is 12.7 Å². The van der Waals surface area contributed by atoms with E-state index in [1.54, 1.807) is 12.2 Å². The molecule has 0 aliphatic heterocycles. The lowest BCUT2D eigenvalue weighted by Crippen LogP contribution is -2.40. The van der Waals surface area contributed by atoms with Gasteiger partial charge in [-0.2, -0.15) is 0 Å². The summed E-state index contributed by atoms with van der Waals surface area (Å²) in [6.07, 6.45) is 2.50. The van der Waals surface area contributed by atoms with Crippen LogP contribution in [0.5, 0.6) is 0 Å². The van der Waals surface area contributed by atoms with E-state index in [0.717, 1.165) is 0 Å². The Bertz CT molecular complexity index is 254. The SMILES string of the molecule is C=CCO[C@H](C(=O)OC(C)C)C(C)(C)C=C. The van der Waals surface area contributed by atoms with Gasteiger partial charge in [-0.3, -0.25) is 0 Å². The van der Waals surface area contributed by atoms with Crippen LogP contribution in [-0.4, -0.2) is 24.8 Å². The summed E-state index contributed by atoms with van der Waals surface area (Å²) >= 11 is 0. The van der Waals surface area contributed by atoms with Gasteiger partial charge in [-0.05, 0) is 13.8 Å². The number of carbonyl (C=O) groups is 1. The predicted octanol–water partition coefficient (Wildman–Crippen LogP) is 2.72. The van der Waals surface area contributed by atoms with E-state index in [0.29, 0.717) is 6.61 Å². The number of carbonyl (C=O) groups excluding carboxylic acids is 1. The summed E-state index contributed by atoms with van der Waals surface area (Å²) in [5, 5.41) is 0. The van der Waals surface area contributed by atoms with Gasteiger partial charge in [0.1, 0.15) is 0 Å². The van der Waals surface area contributed by atoms with Crippen molar-refractivity contribution in [3.63, 3.8) is 0 Å². The Balaban J connectivity index is 4.71. The maximum Gasteiger partial charge on any atom is 0.336 e. The topological polar surface area (TPSA) is 35.5 Å². The van der Waals surface area contributed by atoms with Crippen LogP contribution in [0.15, 0.2) is 25.3 Å². The highest BCUT2D eigenvalue weighted by atomic mass is 16.6. The molecule has 0 saturated heterocycles. The van der Waals surface area contributed by atoms with Crippen LogP contribution >= 0.6 is 0 Å². The van der Waals surface area contributed by atoms with Crippen molar-refractivity contribution < 1.29 is 14.3 Å². The van der Waals surface area contributed by atoms with Crippen LogP contribution in [-0.2, 0) is 14.3 Å². The smallest absolute Gasteiger partial charge is 0.336 e. The number of hydrogen-bond acceptors (Lipinski definition) is 3. The van der Waals surface area contributed by atoms with E-state index < -0.39 is 11.5 Å². The molecule has 0 aromatic rings. The van der Waals surface area contributed by atoms with E-state index in [4.69, 9.17) is 9.47 Å². The second-order valence-electron chi connectivity index (χ2n) is 4.51. The molecule has 0 aromatic carbocycles. The van der Waals surface area contributed by atoms with Crippen molar-refractivity contribution in [2.24, 2.45) is 5.41 Å². The molecule has 0 spiro atoms. The molecule has 0 fully saturated rings. The van der Waals surface area contributed by atoms with Crippen molar-refractivity contribution in [1.29, 1.82) is 0 Å².